The molecule has 36 heavy (non-hydrogen) atoms. The minimum Gasteiger partial charge on any atom is -0.406 e. The number of urea groups is 1. The van der Waals surface area contributed by atoms with Gasteiger partial charge in [0.05, 0.1) is 11.2 Å². The molecule has 3 aromatic rings. The van der Waals surface area contributed by atoms with Crippen LogP contribution in [0.15, 0.2) is 48.7 Å². The van der Waals surface area contributed by atoms with Gasteiger partial charge >= 0.3 is 18.4 Å². The number of primary amides is 1. The van der Waals surface area contributed by atoms with Crippen LogP contribution in [-0.4, -0.2) is 45.9 Å². The van der Waals surface area contributed by atoms with E-state index in [9.17, 15) is 31.9 Å². The SMILES string of the molecule is NC(=O)n1cc(NC(=O)N2C3C[C@@H]3C[C@H]2C(=O)Nc2cccc(OC(F)(F)F)c2)c2ccc(F)cc21. The number of nitrogens with one attached hydrogen (secondary N) is 2. The molecule has 1 unspecified atom stereocenters. The van der Waals surface area contributed by atoms with Crippen molar-refractivity contribution < 1.29 is 36.7 Å². The van der Waals surface area contributed by atoms with E-state index in [-0.39, 0.29) is 28.9 Å². The number of amides is 4. The van der Waals surface area contributed by atoms with Gasteiger partial charge in [-0.25, -0.2) is 14.0 Å². The molecule has 9 nitrogen and oxygen atoms in total. The van der Waals surface area contributed by atoms with Crippen molar-refractivity contribution in [3.05, 3.63) is 54.5 Å². The third-order valence-corrected chi connectivity index (χ3v) is 6.22. The third-order valence-electron chi connectivity index (χ3n) is 6.22. The number of benzene rings is 2. The normalized spacial score (nSPS) is 20.7. The van der Waals surface area contributed by atoms with Crippen LogP contribution in [0.4, 0.5) is 38.5 Å². The largest absolute Gasteiger partial charge is 0.573 e. The van der Waals surface area contributed by atoms with Crippen molar-refractivity contribution in [2.45, 2.75) is 31.3 Å². The molecule has 4 amide bonds. The number of carbonyl (C=O) groups excluding carboxylic acids is 3. The summed E-state index contributed by atoms with van der Waals surface area (Å²) in [4.78, 5) is 39.3. The summed E-state index contributed by atoms with van der Waals surface area (Å²) in [5.41, 5.74) is 5.81. The van der Waals surface area contributed by atoms with E-state index in [1.165, 1.54) is 35.4 Å². The summed E-state index contributed by atoms with van der Waals surface area (Å²) < 4.78 is 56.1. The van der Waals surface area contributed by atoms with E-state index in [4.69, 9.17) is 5.73 Å². The Morgan fingerprint density at radius 1 is 1.06 bits per heavy atom. The molecule has 1 saturated heterocycles. The molecule has 1 aromatic heterocycles. The van der Waals surface area contributed by atoms with Crippen molar-refractivity contribution in [3.8, 4) is 5.75 Å². The molecule has 1 aliphatic heterocycles. The average Bonchev–Trinajstić information content (AvgIpc) is 3.29. The highest BCUT2D eigenvalue weighted by atomic mass is 19.4. The van der Waals surface area contributed by atoms with Crippen LogP contribution in [0.2, 0.25) is 0 Å². The number of likely N-dealkylation sites (tertiary alicyclic amines) is 1. The number of carbonyl (C=O) groups is 3. The summed E-state index contributed by atoms with van der Waals surface area (Å²) >= 11 is 0. The quantitative estimate of drug-likeness (QED) is 0.460. The predicted molar refractivity (Wildman–Crippen MR) is 120 cm³/mol. The van der Waals surface area contributed by atoms with Crippen LogP contribution in [-0.2, 0) is 4.79 Å². The molecular weight excluding hydrogens is 486 g/mol. The Morgan fingerprint density at radius 2 is 1.83 bits per heavy atom. The minimum atomic E-state index is -4.88. The number of alkyl halides is 3. The molecule has 3 atom stereocenters. The second kappa shape index (κ2) is 8.43. The molecule has 5 rings (SSSR count). The monoisotopic (exact) mass is 505 g/mol. The standard InChI is InChI=1S/C23H19F4N5O4/c24-12-4-5-15-16(10-31(21(28)34)18(15)8-12)30-22(35)32-17-6-11(17)7-19(32)20(33)29-13-2-1-3-14(9-13)36-23(25,26)27/h1-5,8-11,17,19H,6-7H2,(H2,28,34)(H,29,33)(H,30,35)/t11-,17?,19+/m1/s1. The Balaban J connectivity index is 1.34. The summed E-state index contributed by atoms with van der Waals surface area (Å²) in [5, 5.41) is 5.59. The Labute approximate surface area is 200 Å². The Kier molecular flexibility index (Phi) is 5.49. The van der Waals surface area contributed by atoms with Gasteiger partial charge in [0, 0.05) is 29.4 Å². The highest BCUT2D eigenvalue weighted by Gasteiger charge is 2.56. The topological polar surface area (TPSA) is 119 Å². The zero-order valence-corrected chi connectivity index (χ0v) is 18.4. The van der Waals surface area contributed by atoms with Crippen LogP contribution < -0.4 is 21.1 Å². The first-order chi connectivity index (χ1) is 17.0. The summed E-state index contributed by atoms with van der Waals surface area (Å²) in [6.07, 6.45) is -2.52. The third kappa shape index (κ3) is 4.51. The lowest BCUT2D eigenvalue weighted by molar-refractivity contribution is -0.274. The Hall–Kier alpha value is -4.29. The van der Waals surface area contributed by atoms with Crippen molar-refractivity contribution in [3.63, 3.8) is 0 Å². The Morgan fingerprint density at radius 3 is 2.56 bits per heavy atom. The van der Waals surface area contributed by atoms with Crippen LogP contribution in [0.1, 0.15) is 12.8 Å². The maximum absolute atomic E-state index is 13.7. The van der Waals surface area contributed by atoms with E-state index in [0.29, 0.717) is 18.2 Å². The molecule has 0 radical (unpaired) electrons. The molecule has 2 aromatic carbocycles. The molecule has 4 N–H and O–H groups in total. The number of fused-ring (bicyclic) bond motifs is 2. The number of halogens is 4. The molecule has 0 bridgehead atoms. The van der Waals surface area contributed by atoms with Crippen molar-refractivity contribution >= 4 is 40.2 Å². The molecule has 1 saturated carbocycles. The fourth-order valence-electron chi connectivity index (χ4n) is 4.64. The highest BCUT2D eigenvalue weighted by Crippen LogP contribution is 2.48. The fourth-order valence-corrected chi connectivity index (χ4v) is 4.64. The van der Waals surface area contributed by atoms with E-state index in [1.807, 2.05) is 0 Å². The zero-order valence-electron chi connectivity index (χ0n) is 18.4. The maximum atomic E-state index is 13.7. The number of nitrogens with zero attached hydrogens (tertiary/aromatic N) is 2. The van der Waals surface area contributed by atoms with Crippen molar-refractivity contribution in [1.82, 2.24) is 9.47 Å². The van der Waals surface area contributed by atoms with E-state index in [0.717, 1.165) is 22.8 Å². The van der Waals surface area contributed by atoms with E-state index >= 15 is 0 Å². The van der Waals surface area contributed by atoms with Crippen LogP contribution in [0.3, 0.4) is 0 Å². The number of ether oxygens (including phenoxy) is 1. The first-order valence-electron chi connectivity index (χ1n) is 10.9. The highest BCUT2D eigenvalue weighted by molar-refractivity contribution is 6.06. The zero-order chi connectivity index (χ0) is 25.8. The minimum absolute atomic E-state index is 0.0780. The molecule has 13 heteroatoms. The summed E-state index contributed by atoms with van der Waals surface area (Å²) in [5.74, 6) is -1.54. The lowest BCUT2D eigenvalue weighted by Crippen LogP contribution is -2.47. The first kappa shape index (κ1) is 23.5. The van der Waals surface area contributed by atoms with E-state index in [2.05, 4.69) is 15.4 Å². The lowest BCUT2D eigenvalue weighted by atomic mass is 10.1. The van der Waals surface area contributed by atoms with Crippen molar-refractivity contribution in [2.24, 2.45) is 11.7 Å². The van der Waals surface area contributed by atoms with E-state index < -0.39 is 41.9 Å². The number of nitrogens with two attached hydrogens (primary N) is 1. The van der Waals surface area contributed by atoms with Gasteiger partial charge in [-0.05, 0) is 49.1 Å². The average molecular weight is 505 g/mol. The molecule has 1 aliphatic carbocycles. The number of hydrogen-bond acceptors (Lipinski definition) is 4. The number of rotatable bonds is 4. The van der Waals surface area contributed by atoms with Crippen LogP contribution in [0.5, 0.6) is 5.75 Å². The smallest absolute Gasteiger partial charge is 0.406 e. The second-order valence-electron chi connectivity index (χ2n) is 8.63. The summed E-state index contributed by atoms with van der Waals surface area (Å²) in [6, 6.07) is 5.97. The van der Waals surface area contributed by atoms with Crippen LogP contribution >= 0.6 is 0 Å². The summed E-state index contributed by atoms with van der Waals surface area (Å²) in [7, 11) is 0. The number of aromatic nitrogens is 1. The maximum Gasteiger partial charge on any atom is 0.573 e. The number of hydrogen-bond donors (Lipinski definition) is 3. The van der Waals surface area contributed by atoms with Crippen LogP contribution in [0, 0.1) is 11.7 Å². The Bertz CT molecular complexity index is 1390. The van der Waals surface area contributed by atoms with Gasteiger partial charge in [0.25, 0.3) is 0 Å². The van der Waals surface area contributed by atoms with Gasteiger partial charge in [0.2, 0.25) is 5.91 Å². The molecular formula is C23H19F4N5O4. The molecule has 2 aliphatic rings. The van der Waals surface area contributed by atoms with Gasteiger partial charge < -0.3 is 26.0 Å². The van der Waals surface area contributed by atoms with Crippen molar-refractivity contribution in [1.29, 1.82) is 0 Å². The number of anilines is 2. The first-order valence-corrected chi connectivity index (χ1v) is 10.9. The van der Waals surface area contributed by atoms with Crippen LogP contribution in [0.25, 0.3) is 10.9 Å². The molecule has 188 valence electrons. The van der Waals surface area contributed by atoms with Gasteiger partial charge in [-0.2, -0.15) is 0 Å². The van der Waals surface area contributed by atoms with Gasteiger partial charge in [0.1, 0.15) is 17.6 Å². The predicted octanol–water partition coefficient (Wildman–Crippen LogP) is 4.24. The van der Waals surface area contributed by atoms with E-state index in [1.54, 1.807) is 0 Å². The van der Waals surface area contributed by atoms with Gasteiger partial charge in [0.15, 0.2) is 0 Å². The van der Waals surface area contributed by atoms with Gasteiger partial charge in [-0.15, -0.1) is 13.2 Å². The fraction of sp³-hybridized carbons (Fsp3) is 0.261. The second-order valence-corrected chi connectivity index (χ2v) is 8.63. The lowest BCUT2D eigenvalue weighted by Gasteiger charge is -2.27. The molecule has 2 heterocycles. The van der Waals surface area contributed by atoms with Gasteiger partial charge in [-0.3, -0.25) is 9.36 Å². The van der Waals surface area contributed by atoms with Gasteiger partial charge in [-0.1, -0.05) is 6.07 Å². The number of piperidine rings is 1. The molecule has 0 spiro atoms. The molecule has 2 fully saturated rings. The van der Waals surface area contributed by atoms with Crippen molar-refractivity contribution in [2.75, 3.05) is 10.6 Å². The summed E-state index contributed by atoms with van der Waals surface area (Å²) in [6.45, 7) is 0.